The standard InChI is InChI=1S/C25H30FN3O6/c1-3-32-20-12-16(13-21(23(20)26)33-4-2)14-29-10-8-17(9-11-29)27-25-28-18-6-5-7-19(24(18)35-25)34-15-22(30)31/h5-7,12-13,17H,3-4,8-11,14-15H2,1-2H3,(H,27,28)(H,30,31). The summed E-state index contributed by atoms with van der Waals surface area (Å²) in [6, 6.07) is 9.23. The third-order valence-corrected chi connectivity index (χ3v) is 5.72. The molecule has 2 aromatic carbocycles. The number of ether oxygens (including phenoxy) is 3. The molecular weight excluding hydrogens is 457 g/mol. The van der Waals surface area contributed by atoms with Gasteiger partial charge < -0.3 is 29.1 Å². The molecule has 1 aliphatic heterocycles. The van der Waals surface area contributed by atoms with Gasteiger partial charge in [0.25, 0.3) is 6.01 Å². The summed E-state index contributed by atoms with van der Waals surface area (Å²) < 4.78 is 36.6. The van der Waals surface area contributed by atoms with Crippen LogP contribution in [0.25, 0.3) is 11.1 Å². The lowest BCUT2D eigenvalue weighted by atomic mass is 10.0. The van der Waals surface area contributed by atoms with Crippen LogP contribution < -0.4 is 19.5 Å². The van der Waals surface area contributed by atoms with Crippen molar-refractivity contribution in [2.24, 2.45) is 0 Å². The van der Waals surface area contributed by atoms with E-state index in [9.17, 15) is 9.18 Å². The predicted octanol–water partition coefficient (Wildman–Crippen LogP) is 4.30. The van der Waals surface area contributed by atoms with E-state index in [1.807, 2.05) is 13.8 Å². The zero-order valence-electron chi connectivity index (χ0n) is 19.9. The van der Waals surface area contributed by atoms with Gasteiger partial charge in [-0.2, -0.15) is 9.37 Å². The van der Waals surface area contributed by atoms with Crippen molar-refractivity contribution in [3.63, 3.8) is 0 Å². The smallest absolute Gasteiger partial charge is 0.341 e. The van der Waals surface area contributed by atoms with Crippen molar-refractivity contribution < 1.29 is 32.9 Å². The SMILES string of the molecule is CCOc1cc(CN2CCC(Nc3nc4cccc(OCC(=O)O)c4o3)CC2)cc(OCC)c1F. The van der Waals surface area contributed by atoms with Crippen LogP contribution in [-0.2, 0) is 11.3 Å². The minimum atomic E-state index is -1.06. The number of aromatic nitrogens is 1. The van der Waals surface area contributed by atoms with E-state index in [1.165, 1.54) is 0 Å². The van der Waals surface area contributed by atoms with Crippen LogP contribution in [0.3, 0.4) is 0 Å². The van der Waals surface area contributed by atoms with E-state index >= 15 is 0 Å². The lowest BCUT2D eigenvalue weighted by Crippen LogP contribution is -2.38. The van der Waals surface area contributed by atoms with Crippen molar-refractivity contribution in [3.8, 4) is 17.2 Å². The van der Waals surface area contributed by atoms with Crippen LogP contribution in [-0.4, -0.2) is 59.9 Å². The maximum Gasteiger partial charge on any atom is 0.341 e. The average molecular weight is 488 g/mol. The van der Waals surface area contributed by atoms with E-state index in [0.717, 1.165) is 31.5 Å². The average Bonchev–Trinajstić information content (AvgIpc) is 3.25. The molecular formula is C25H30FN3O6. The first-order valence-electron chi connectivity index (χ1n) is 11.8. The molecule has 188 valence electrons. The molecule has 1 aromatic heterocycles. The minimum Gasteiger partial charge on any atom is -0.491 e. The Morgan fingerprint density at radius 3 is 2.46 bits per heavy atom. The highest BCUT2D eigenvalue weighted by Gasteiger charge is 2.22. The van der Waals surface area contributed by atoms with Crippen molar-refractivity contribution in [1.29, 1.82) is 0 Å². The monoisotopic (exact) mass is 487 g/mol. The molecule has 35 heavy (non-hydrogen) atoms. The van der Waals surface area contributed by atoms with Gasteiger partial charge in [0.2, 0.25) is 5.82 Å². The fourth-order valence-electron chi connectivity index (χ4n) is 4.15. The molecule has 0 atom stereocenters. The third-order valence-electron chi connectivity index (χ3n) is 5.72. The number of oxazole rings is 1. The van der Waals surface area contributed by atoms with E-state index in [2.05, 4.69) is 15.2 Å². The maximum absolute atomic E-state index is 14.5. The first-order valence-corrected chi connectivity index (χ1v) is 11.8. The Hall–Kier alpha value is -3.53. The van der Waals surface area contributed by atoms with E-state index in [0.29, 0.717) is 42.6 Å². The number of likely N-dealkylation sites (tertiary alicyclic amines) is 1. The normalized spacial score (nSPS) is 14.7. The molecule has 9 nitrogen and oxygen atoms in total. The second kappa shape index (κ2) is 11.3. The largest absolute Gasteiger partial charge is 0.491 e. The summed E-state index contributed by atoms with van der Waals surface area (Å²) in [5, 5.41) is 12.2. The van der Waals surface area contributed by atoms with Crippen LogP contribution in [0.1, 0.15) is 32.3 Å². The van der Waals surface area contributed by atoms with Gasteiger partial charge in [-0.3, -0.25) is 4.90 Å². The second-order valence-corrected chi connectivity index (χ2v) is 8.27. The van der Waals surface area contributed by atoms with Gasteiger partial charge in [0.05, 0.1) is 13.2 Å². The van der Waals surface area contributed by atoms with Crippen LogP contribution in [0, 0.1) is 5.82 Å². The van der Waals surface area contributed by atoms with Crippen LogP contribution in [0.4, 0.5) is 10.4 Å². The van der Waals surface area contributed by atoms with Crippen LogP contribution >= 0.6 is 0 Å². The first-order chi connectivity index (χ1) is 17.0. The topological polar surface area (TPSA) is 106 Å². The molecule has 0 bridgehead atoms. The quantitative estimate of drug-likeness (QED) is 0.409. The van der Waals surface area contributed by atoms with Gasteiger partial charge in [0, 0.05) is 25.7 Å². The van der Waals surface area contributed by atoms with Crippen molar-refractivity contribution >= 4 is 23.1 Å². The molecule has 10 heteroatoms. The number of hydrogen-bond acceptors (Lipinski definition) is 8. The summed E-state index contributed by atoms with van der Waals surface area (Å²) >= 11 is 0. The fourth-order valence-corrected chi connectivity index (χ4v) is 4.15. The molecule has 1 aliphatic rings. The van der Waals surface area contributed by atoms with Gasteiger partial charge in [0.1, 0.15) is 5.52 Å². The zero-order chi connectivity index (χ0) is 24.8. The molecule has 0 saturated carbocycles. The molecule has 0 aliphatic carbocycles. The highest BCUT2D eigenvalue weighted by molar-refractivity contribution is 5.81. The molecule has 0 amide bonds. The summed E-state index contributed by atoms with van der Waals surface area (Å²) in [6.07, 6.45) is 1.75. The predicted molar refractivity (Wildman–Crippen MR) is 128 cm³/mol. The Bertz CT molecular complexity index is 1130. The van der Waals surface area contributed by atoms with Crippen LogP contribution in [0.5, 0.6) is 17.2 Å². The Kier molecular flexibility index (Phi) is 7.91. The zero-order valence-corrected chi connectivity index (χ0v) is 19.9. The lowest BCUT2D eigenvalue weighted by molar-refractivity contribution is -0.139. The second-order valence-electron chi connectivity index (χ2n) is 8.27. The molecule has 1 fully saturated rings. The molecule has 2 N–H and O–H groups in total. The number of fused-ring (bicyclic) bond motifs is 1. The Labute approximate surface area is 202 Å². The van der Waals surface area contributed by atoms with Crippen LogP contribution in [0.15, 0.2) is 34.7 Å². The number of piperidine rings is 1. The molecule has 2 heterocycles. The van der Waals surface area contributed by atoms with Gasteiger partial charge >= 0.3 is 5.97 Å². The van der Waals surface area contributed by atoms with Gasteiger partial charge in [-0.25, -0.2) is 4.79 Å². The van der Waals surface area contributed by atoms with Crippen molar-refractivity contribution in [2.75, 3.05) is 38.2 Å². The Balaban J connectivity index is 1.36. The van der Waals surface area contributed by atoms with Gasteiger partial charge in [0.15, 0.2) is 29.4 Å². The van der Waals surface area contributed by atoms with E-state index in [4.69, 9.17) is 23.7 Å². The van der Waals surface area contributed by atoms with Crippen LogP contribution in [0.2, 0.25) is 0 Å². The van der Waals surface area contributed by atoms with E-state index in [1.54, 1.807) is 30.3 Å². The van der Waals surface area contributed by atoms with E-state index < -0.39 is 18.4 Å². The number of carboxylic acids is 1. The summed E-state index contributed by atoms with van der Waals surface area (Å²) in [4.78, 5) is 17.6. The Morgan fingerprint density at radius 1 is 1.14 bits per heavy atom. The molecule has 0 radical (unpaired) electrons. The number of carbonyl (C=O) groups is 1. The molecule has 3 aromatic rings. The number of benzene rings is 2. The molecule has 1 saturated heterocycles. The number of para-hydroxylation sites is 1. The number of halogens is 1. The highest BCUT2D eigenvalue weighted by atomic mass is 19.1. The molecule has 0 spiro atoms. The summed E-state index contributed by atoms with van der Waals surface area (Å²) in [5.74, 6) is -0.747. The number of aliphatic carboxylic acids is 1. The van der Waals surface area contributed by atoms with Crippen molar-refractivity contribution in [2.45, 2.75) is 39.3 Å². The third kappa shape index (κ3) is 6.13. The summed E-state index contributed by atoms with van der Waals surface area (Å²) in [7, 11) is 0. The van der Waals surface area contributed by atoms with Gasteiger partial charge in [-0.05, 0) is 56.5 Å². The number of rotatable bonds is 11. The van der Waals surface area contributed by atoms with Gasteiger partial charge in [-0.1, -0.05) is 6.07 Å². The number of carboxylic acid groups (broad SMARTS) is 1. The van der Waals surface area contributed by atoms with Gasteiger partial charge in [-0.15, -0.1) is 0 Å². The summed E-state index contributed by atoms with van der Waals surface area (Å²) in [5.41, 5.74) is 1.96. The molecule has 4 rings (SSSR count). The minimum absolute atomic E-state index is 0.175. The number of nitrogens with one attached hydrogen (secondary N) is 1. The highest BCUT2D eigenvalue weighted by Crippen LogP contribution is 2.31. The number of nitrogens with zero attached hydrogens (tertiary/aromatic N) is 2. The molecule has 0 unspecified atom stereocenters. The lowest BCUT2D eigenvalue weighted by Gasteiger charge is -2.32. The van der Waals surface area contributed by atoms with Crippen molar-refractivity contribution in [3.05, 3.63) is 41.7 Å². The Morgan fingerprint density at radius 2 is 1.83 bits per heavy atom. The van der Waals surface area contributed by atoms with E-state index in [-0.39, 0.29) is 17.5 Å². The summed E-state index contributed by atoms with van der Waals surface area (Å²) in [6.45, 7) is 6.31. The number of anilines is 1. The fraction of sp³-hybridized carbons (Fsp3) is 0.440. The maximum atomic E-state index is 14.5. The first kappa shape index (κ1) is 24.6. The van der Waals surface area contributed by atoms with Crippen molar-refractivity contribution in [1.82, 2.24) is 9.88 Å². The number of hydrogen-bond donors (Lipinski definition) is 2.